The molecule has 2 aromatic rings. The molecule has 5 nitrogen and oxygen atoms in total. The standard InChI is InChI=1S/C21H19BrFNO4S/c1-12(2)24-20(25)19(29-21(24)26)9-14-8-17(27-3)18(10-16(14)22)28-11-13-4-6-15(23)7-5-13/h4-10,12H,11H2,1-3H3/b19-9+. The number of rotatable bonds is 6. The number of thioether (sulfide) groups is 1. The first-order valence-corrected chi connectivity index (χ1v) is 10.4. The van der Waals surface area contributed by atoms with Crippen LogP contribution in [0.15, 0.2) is 45.8 Å². The molecule has 0 atom stereocenters. The largest absolute Gasteiger partial charge is 0.493 e. The molecule has 0 aromatic heterocycles. The van der Waals surface area contributed by atoms with Crippen LogP contribution in [0.4, 0.5) is 9.18 Å². The molecule has 1 aliphatic heterocycles. The second-order valence-electron chi connectivity index (χ2n) is 6.59. The van der Waals surface area contributed by atoms with Gasteiger partial charge in [0, 0.05) is 10.5 Å². The Morgan fingerprint density at radius 3 is 2.45 bits per heavy atom. The van der Waals surface area contributed by atoms with Gasteiger partial charge in [-0.1, -0.05) is 28.1 Å². The lowest BCUT2D eigenvalue weighted by Crippen LogP contribution is -2.34. The van der Waals surface area contributed by atoms with Crippen LogP contribution < -0.4 is 9.47 Å². The van der Waals surface area contributed by atoms with Crippen LogP contribution in [0.25, 0.3) is 6.08 Å². The van der Waals surface area contributed by atoms with E-state index < -0.39 is 0 Å². The Morgan fingerprint density at radius 1 is 1.17 bits per heavy atom. The minimum Gasteiger partial charge on any atom is -0.493 e. The SMILES string of the molecule is COc1cc(/C=C2/SC(=O)N(C(C)C)C2=O)c(Br)cc1OCc1ccc(F)cc1. The zero-order chi connectivity index (χ0) is 21.1. The zero-order valence-corrected chi connectivity index (χ0v) is 18.5. The molecule has 0 bridgehead atoms. The molecule has 0 spiro atoms. The average molecular weight is 480 g/mol. The first kappa shape index (κ1) is 21.4. The molecule has 1 fully saturated rings. The smallest absolute Gasteiger partial charge is 0.293 e. The summed E-state index contributed by atoms with van der Waals surface area (Å²) >= 11 is 4.40. The van der Waals surface area contributed by atoms with E-state index in [-0.39, 0.29) is 29.6 Å². The molecule has 0 N–H and O–H groups in total. The number of methoxy groups -OCH3 is 1. The van der Waals surface area contributed by atoms with E-state index in [2.05, 4.69) is 15.9 Å². The normalized spacial score (nSPS) is 15.5. The maximum absolute atomic E-state index is 13.0. The number of imide groups is 1. The Labute approximate surface area is 181 Å². The highest BCUT2D eigenvalue weighted by Gasteiger charge is 2.36. The van der Waals surface area contributed by atoms with Crippen LogP contribution in [0.3, 0.4) is 0 Å². The van der Waals surface area contributed by atoms with E-state index in [1.165, 1.54) is 24.1 Å². The van der Waals surface area contributed by atoms with Crippen LogP contribution in [0.5, 0.6) is 11.5 Å². The van der Waals surface area contributed by atoms with Crippen molar-refractivity contribution in [3.8, 4) is 11.5 Å². The van der Waals surface area contributed by atoms with Crippen molar-refractivity contribution in [2.45, 2.75) is 26.5 Å². The first-order valence-electron chi connectivity index (χ1n) is 8.82. The van der Waals surface area contributed by atoms with Crippen molar-refractivity contribution < 1.29 is 23.5 Å². The van der Waals surface area contributed by atoms with Gasteiger partial charge in [-0.15, -0.1) is 0 Å². The van der Waals surface area contributed by atoms with Crippen LogP contribution in [0.1, 0.15) is 25.0 Å². The predicted molar refractivity (Wildman–Crippen MR) is 114 cm³/mol. The third-order valence-electron chi connectivity index (χ3n) is 4.22. The van der Waals surface area contributed by atoms with E-state index in [1.54, 1.807) is 44.2 Å². The number of carbonyl (C=O) groups is 2. The lowest BCUT2D eigenvalue weighted by Gasteiger charge is -2.16. The third kappa shape index (κ3) is 4.82. The highest BCUT2D eigenvalue weighted by atomic mass is 79.9. The second kappa shape index (κ2) is 9.00. The fraction of sp³-hybridized carbons (Fsp3) is 0.238. The molecule has 2 aromatic carbocycles. The zero-order valence-electron chi connectivity index (χ0n) is 16.1. The molecule has 152 valence electrons. The molecule has 0 aliphatic carbocycles. The number of hydrogen-bond donors (Lipinski definition) is 0. The molecule has 1 aliphatic rings. The van der Waals surface area contributed by atoms with Gasteiger partial charge in [0.1, 0.15) is 12.4 Å². The Bertz CT molecular complexity index is 975. The maximum atomic E-state index is 13.0. The molecule has 0 radical (unpaired) electrons. The van der Waals surface area contributed by atoms with E-state index in [0.29, 0.717) is 26.4 Å². The number of hydrogen-bond acceptors (Lipinski definition) is 5. The minimum absolute atomic E-state index is 0.200. The summed E-state index contributed by atoms with van der Waals surface area (Å²) in [6.07, 6.45) is 1.66. The molecule has 1 heterocycles. The van der Waals surface area contributed by atoms with Crippen molar-refractivity contribution in [1.29, 1.82) is 0 Å². The average Bonchev–Trinajstić information content (AvgIpc) is 2.96. The highest BCUT2D eigenvalue weighted by Crippen LogP contribution is 2.38. The van der Waals surface area contributed by atoms with E-state index in [4.69, 9.17) is 9.47 Å². The molecular formula is C21H19BrFNO4S. The number of ether oxygens (including phenoxy) is 2. The monoisotopic (exact) mass is 479 g/mol. The Hall–Kier alpha value is -2.32. The number of carbonyl (C=O) groups excluding carboxylic acids is 2. The van der Waals surface area contributed by atoms with Gasteiger partial charge in [-0.3, -0.25) is 14.5 Å². The van der Waals surface area contributed by atoms with Crippen LogP contribution in [0, 0.1) is 5.82 Å². The van der Waals surface area contributed by atoms with Gasteiger partial charge >= 0.3 is 0 Å². The lowest BCUT2D eigenvalue weighted by molar-refractivity contribution is -0.123. The summed E-state index contributed by atoms with van der Waals surface area (Å²) < 4.78 is 24.9. The fourth-order valence-electron chi connectivity index (χ4n) is 2.74. The van der Waals surface area contributed by atoms with Crippen molar-refractivity contribution in [2.24, 2.45) is 0 Å². The molecule has 8 heteroatoms. The second-order valence-corrected chi connectivity index (χ2v) is 8.43. The van der Waals surface area contributed by atoms with Gasteiger partial charge in [0.25, 0.3) is 11.1 Å². The molecule has 29 heavy (non-hydrogen) atoms. The Morgan fingerprint density at radius 2 is 1.86 bits per heavy atom. The van der Waals surface area contributed by atoms with Gasteiger partial charge in [0.15, 0.2) is 11.5 Å². The summed E-state index contributed by atoms with van der Waals surface area (Å²) in [5.74, 6) is 0.360. The Kier molecular flexibility index (Phi) is 6.64. The molecule has 0 unspecified atom stereocenters. The summed E-state index contributed by atoms with van der Waals surface area (Å²) in [7, 11) is 1.52. The number of nitrogens with zero attached hydrogens (tertiary/aromatic N) is 1. The minimum atomic E-state index is -0.308. The van der Waals surface area contributed by atoms with Crippen molar-refractivity contribution in [2.75, 3.05) is 7.11 Å². The van der Waals surface area contributed by atoms with Crippen molar-refractivity contribution >= 4 is 44.9 Å². The van der Waals surface area contributed by atoms with Gasteiger partial charge < -0.3 is 9.47 Å². The van der Waals surface area contributed by atoms with Crippen LogP contribution >= 0.6 is 27.7 Å². The summed E-state index contributed by atoms with van der Waals surface area (Å²) in [5.41, 5.74) is 1.50. The Balaban J connectivity index is 1.84. The van der Waals surface area contributed by atoms with Crippen LogP contribution in [-0.2, 0) is 11.4 Å². The van der Waals surface area contributed by atoms with Gasteiger partial charge in [-0.2, -0.15) is 0 Å². The van der Waals surface area contributed by atoms with E-state index in [1.807, 2.05) is 0 Å². The number of halogens is 2. The van der Waals surface area contributed by atoms with Crippen molar-refractivity contribution in [1.82, 2.24) is 4.90 Å². The lowest BCUT2D eigenvalue weighted by atomic mass is 10.1. The van der Waals surface area contributed by atoms with Gasteiger partial charge in [0.2, 0.25) is 0 Å². The molecule has 1 saturated heterocycles. The van der Waals surface area contributed by atoms with Crippen LogP contribution in [-0.4, -0.2) is 29.2 Å². The van der Waals surface area contributed by atoms with Crippen molar-refractivity contribution in [3.63, 3.8) is 0 Å². The molecule has 0 saturated carbocycles. The quantitative estimate of drug-likeness (QED) is 0.503. The maximum Gasteiger partial charge on any atom is 0.293 e. The van der Waals surface area contributed by atoms with Crippen LogP contribution in [0.2, 0.25) is 0 Å². The summed E-state index contributed by atoms with van der Waals surface area (Å²) in [6.45, 7) is 3.84. The summed E-state index contributed by atoms with van der Waals surface area (Å²) in [5, 5.41) is -0.279. The fourth-order valence-corrected chi connectivity index (χ4v) is 4.13. The van der Waals surface area contributed by atoms with Gasteiger partial charge in [-0.05, 0) is 67.1 Å². The predicted octanol–water partition coefficient (Wildman–Crippen LogP) is 5.62. The molecule has 3 rings (SSSR count). The first-order chi connectivity index (χ1) is 13.8. The number of amides is 2. The van der Waals surface area contributed by atoms with E-state index in [0.717, 1.165) is 17.3 Å². The van der Waals surface area contributed by atoms with Gasteiger partial charge in [0.05, 0.1) is 12.0 Å². The van der Waals surface area contributed by atoms with E-state index >= 15 is 0 Å². The third-order valence-corrected chi connectivity index (χ3v) is 5.79. The summed E-state index contributed by atoms with van der Waals surface area (Å²) in [6, 6.07) is 9.31. The van der Waals surface area contributed by atoms with Gasteiger partial charge in [-0.25, -0.2) is 4.39 Å². The topological polar surface area (TPSA) is 55.8 Å². The molecule has 2 amide bonds. The summed E-state index contributed by atoms with van der Waals surface area (Å²) in [4.78, 5) is 26.2. The van der Waals surface area contributed by atoms with Crippen molar-refractivity contribution in [3.05, 3.63) is 62.7 Å². The molecular weight excluding hydrogens is 461 g/mol. The number of benzene rings is 2. The highest BCUT2D eigenvalue weighted by molar-refractivity contribution is 9.10. The van der Waals surface area contributed by atoms with E-state index in [9.17, 15) is 14.0 Å².